The number of fused-ring (bicyclic) bond motifs is 1. The van der Waals surface area contributed by atoms with Gasteiger partial charge >= 0.3 is 0 Å². The summed E-state index contributed by atoms with van der Waals surface area (Å²) >= 11 is 3.86. The topological polar surface area (TPSA) is 12.0 Å². The van der Waals surface area contributed by atoms with Gasteiger partial charge in [-0.25, -0.2) is 0 Å². The van der Waals surface area contributed by atoms with Crippen LogP contribution in [0, 0.1) is 6.92 Å². The summed E-state index contributed by atoms with van der Waals surface area (Å²) in [7, 11) is 2.07. The summed E-state index contributed by atoms with van der Waals surface area (Å²) in [5.74, 6) is 0. The van der Waals surface area contributed by atoms with Crippen LogP contribution in [0.1, 0.15) is 22.0 Å². The van der Waals surface area contributed by atoms with Crippen LogP contribution in [-0.2, 0) is 6.42 Å². The van der Waals surface area contributed by atoms with Gasteiger partial charge < -0.3 is 5.32 Å². The van der Waals surface area contributed by atoms with Crippen molar-refractivity contribution >= 4 is 23.1 Å². The molecule has 1 aliphatic heterocycles. The highest BCUT2D eigenvalue weighted by atomic mass is 32.2. The average Bonchev–Trinajstić information content (AvgIpc) is 2.97. The summed E-state index contributed by atoms with van der Waals surface area (Å²) in [6, 6.07) is 11.5. The summed E-state index contributed by atoms with van der Waals surface area (Å²) in [4.78, 5) is 2.89. The molecule has 2 heterocycles. The monoisotopic (exact) mass is 275 g/mol. The van der Waals surface area contributed by atoms with Crippen molar-refractivity contribution in [3.05, 3.63) is 51.7 Å². The minimum Gasteiger partial charge on any atom is -0.312 e. The second-order valence-electron chi connectivity index (χ2n) is 4.67. The quantitative estimate of drug-likeness (QED) is 0.907. The molecule has 0 saturated carbocycles. The summed E-state index contributed by atoms with van der Waals surface area (Å²) in [5, 5.41) is 6.32. The molecule has 0 spiro atoms. The van der Waals surface area contributed by atoms with Gasteiger partial charge in [0.2, 0.25) is 0 Å². The minimum atomic E-state index is 0.452. The Kier molecular flexibility index (Phi) is 3.46. The summed E-state index contributed by atoms with van der Waals surface area (Å²) in [6.07, 6.45) is 1.17. The first-order valence-corrected chi connectivity index (χ1v) is 8.01. The van der Waals surface area contributed by atoms with Crippen molar-refractivity contribution in [2.45, 2.75) is 29.5 Å². The average molecular weight is 275 g/mol. The standard InChI is InChI=1S/C15H17NS2/c1-10-12(7-8-17-10)15(16-2)14-9-11-5-3-4-6-13(11)18-14/h3-8,14-16H,9H2,1-2H3. The summed E-state index contributed by atoms with van der Waals surface area (Å²) < 4.78 is 0. The van der Waals surface area contributed by atoms with Crippen LogP contribution < -0.4 is 5.32 Å². The maximum absolute atomic E-state index is 3.51. The lowest BCUT2D eigenvalue weighted by molar-refractivity contribution is 0.568. The molecular formula is C15H17NS2. The van der Waals surface area contributed by atoms with Gasteiger partial charge in [-0.3, -0.25) is 0 Å². The van der Waals surface area contributed by atoms with Crippen molar-refractivity contribution in [2.75, 3.05) is 7.05 Å². The molecule has 0 amide bonds. The highest BCUT2D eigenvalue weighted by Gasteiger charge is 2.30. The number of thiophene rings is 1. The van der Waals surface area contributed by atoms with E-state index >= 15 is 0 Å². The Hall–Kier alpha value is -0.770. The van der Waals surface area contributed by atoms with E-state index in [1.54, 1.807) is 0 Å². The lowest BCUT2D eigenvalue weighted by atomic mass is 9.99. The van der Waals surface area contributed by atoms with E-state index in [1.165, 1.54) is 27.3 Å². The van der Waals surface area contributed by atoms with E-state index in [0.29, 0.717) is 11.3 Å². The molecule has 0 aliphatic carbocycles. The van der Waals surface area contributed by atoms with E-state index in [0.717, 1.165) is 0 Å². The molecule has 3 heteroatoms. The van der Waals surface area contributed by atoms with Crippen molar-refractivity contribution in [1.29, 1.82) is 0 Å². The van der Waals surface area contributed by atoms with Crippen LogP contribution in [0.3, 0.4) is 0 Å². The third-order valence-electron chi connectivity index (χ3n) is 3.59. The Balaban J connectivity index is 1.86. The van der Waals surface area contributed by atoms with Crippen LogP contribution in [-0.4, -0.2) is 12.3 Å². The molecule has 0 radical (unpaired) electrons. The number of rotatable bonds is 3. The molecule has 18 heavy (non-hydrogen) atoms. The molecular weight excluding hydrogens is 258 g/mol. The second-order valence-corrected chi connectivity index (χ2v) is 7.07. The van der Waals surface area contributed by atoms with Crippen LogP contribution >= 0.6 is 23.1 Å². The van der Waals surface area contributed by atoms with E-state index in [4.69, 9.17) is 0 Å². The van der Waals surface area contributed by atoms with E-state index in [-0.39, 0.29) is 0 Å². The lowest BCUT2D eigenvalue weighted by Gasteiger charge is -2.22. The zero-order valence-electron chi connectivity index (χ0n) is 10.6. The van der Waals surface area contributed by atoms with E-state index in [9.17, 15) is 0 Å². The van der Waals surface area contributed by atoms with Gasteiger partial charge in [-0.1, -0.05) is 18.2 Å². The largest absolute Gasteiger partial charge is 0.312 e. The lowest BCUT2D eigenvalue weighted by Crippen LogP contribution is -2.27. The number of hydrogen-bond acceptors (Lipinski definition) is 3. The fraction of sp³-hybridized carbons (Fsp3) is 0.333. The van der Waals surface area contributed by atoms with Gasteiger partial charge in [0.25, 0.3) is 0 Å². The number of benzene rings is 1. The molecule has 2 aromatic rings. The smallest absolute Gasteiger partial charge is 0.0455 e. The Morgan fingerprint density at radius 2 is 2.11 bits per heavy atom. The Labute approximate surface area is 117 Å². The van der Waals surface area contributed by atoms with Gasteiger partial charge in [0.05, 0.1) is 0 Å². The van der Waals surface area contributed by atoms with Crippen molar-refractivity contribution < 1.29 is 0 Å². The van der Waals surface area contributed by atoms with Crippen molar-refractivity contribution in [3.8, 4) is 0 Å². The molecule has 2 unspecified atom stereocenters. The fourth-order valence-electron chi connectivity index (χ4n) is 2.65. The number of thioether (sulfide) groups is 1. The van der Waals surface area contributed by atoms with Gasteiger partial charge in [-0.15, -0.1) is 23.1 Å². The Morgan fingerprint density at radius 3 is 2.78 bits per heavy atom. The second kappa shape index (κ2) is 5.08. The molecule has 3 rings (SSSR count). The molecule has 0 fully saturated rings. The normalized spacial score (nSPS) is 19.8. The number of nitrogens with one attached hydrogen (secondary N) is 1. The molecule has 1 nitrogen and oxygen atoms in total. The molecule has 0 bridgehead atoms. The first-order valence-electron chi connectivity index (χ1n) is 6.25. The first kappa shape index (κ1) is 12.3. The van der Waals surface area contributed by atoms with Gasteiger partial charge in [-0.05, 0) is 49.0 Å². The first-order chi connectivity index (χ1) is 8.79. The highest BCUT2D eigenvalue weighted by Crippen LogP contribution is 2.43. The minimum absolute atomic E-state index is 0.452. The molecule has 1 aliphatic rings. The van der Waals surface area contributed by atoms with Gasteiger partial charge in [0.15, 0.2) is 0 Å². The Bertz CT molecular complexity index is 522. The van der Waals surface area contributed by atoms with Crippen molar-refractivity contribution in [2.24, 2.45) is 0 Å². The SMILES string of the molecule is CNC(c1ccsc1C)C1Cc2ccccc2S1. The highest BCUT2D eigenvalue weighted by molar-refractivity contribution is 8.00. The van der Waals surface area contributed by atoms with E-state index < -0.39 is 0 Å². The van der Waals surface area contributed by atoms with Crippen LogP contribution in [0.4, 0.5) is 0 Å². The molecule has 2 atom stereocenters. The van der Waals surface area contributed by atoms with Crippen LogP contribution in [0.15, 0.2) is 40.6 Å². The van der Waals surface area contributed by atoms with E-state index in [2.05, 4.69) is 55.0 Å². The zero-order valence-corrected chi connectivity index (χ0v) is 12.3. The van der Waals surface area contributed by atoms with Crippen LogP contribution in [0.25, 0.3) is 0 Å². The number of hydrogen-bond donors (Lipinski definition) is 1. The predicted octanol–water partition coefficient (Wildman–Crippen LogP) is 4.03. The maximum Gasteiger partial charge on any atom is 0.0455 e. The molecule has 1 aromatic heterocycles. The third kappa shape index (κ3) is 2.11. The maximum atomic E-state index is 3.51. The number of aryl methyl sites for hydroxylation is 1. The summed E-state index contributed by atoms with van der Waals surface area (Å²) in [5.41, 5.74) is 2.97. The van der Waals surface area contributed by atoms with Crippen LogP contribution in [0.5, 0.6) is 0 Å². The van der Waals surface area contributed by atoms with Gasteiger partial charge in [0.1, 0.15) is 0 Å². The van der Waals surface area contributed by atoms with Gasteiger partial charge in [0, 0.05) is 21.1 Å². The third-order valence-corrected chi connectivity index (χ3v) is 5.84. The van der Waals surface area contributed by atoms with Gasteiger partial charge in [-0.2, -0.15) is 0 Å². The van der Waals surface area contributed by atoms with Crippen LogP contribution in [0.2, 0.25) is 0 Å². The molecule has 0 saturated heterocycles. The van der Waals surface area contributed by atoms with E-state index in [1.807, 2.05) is 23.1 Å². The predicted molar refractivity (Wildman–Crippen MR) is 80.6 cm³/mol. The molecule has 94 valence electrons. The molecule has 1 N–H and O–H groups in total. The van der Waals surface area contributed by atoms with Crippen molar-refractivity contribution in [3.63, 3.8) is 0 Å². The molecule has 1 aromatic carbocycles. The fourth-order valence-corrected chi connectivity index (χ4v) is 4.87. The Morgan fingerprint density at radius 1 is 1.28 bits per heavy atom. The zero-order chi connectivity index (χ0) is 12.5. The summed E-state index contributed by atoms with van der Waals surface area (Å²) in [6.45, 7) is 2.22. The van der Waals surface area contributed by atoms with Crippen molar-refractivity contribution in [1.82, 2.24) is 5.32 Å².